The number of rotatable bonds is 6. The van der Waals surface area contributed by atoms with Crippen molar-refractivity contribution in [2.24, 2.45) is 5.92 Å². The zero-order valence-electron chi connectivity index (χ0n) is 10.2. The molecule has 0 saturated heterocycles. The molecular weight excluding hydrogens is 285 g/mol. The molecule has 108 valence electrons. The molecule has 1 unspecified atom stereocenters. The van der Waals surface area contributed by atoms with Gasteiger partial charge in [-0.25, -0.2) is 9.97 Å². The Morgan fingerprint density at radius 2 is 2.00 bits per heavy atom. The molecule has 4 nitrogen and oxygen atoms in total. The number of nitrogens with zero attached hydrogens (tertiary/aromatic N) is 2. The van der Waals surface area contributed by atoms with E-state index in [1.54, 1.807) is 0 Å². The minimum atomic E-state index is -4.37. The second kappa shape index (κ2) is 7.02. The van der Waals surface area contributed by atoms with Gasteiger partial charge in [-0.15, -0.1) is 0 Å². The molecule has 0 amide bonds. The van der Waals surface area contributed by atoms with Gasteiger partial charge in [-0.05, 0) is 30.0 Å². The van der Waals surface area contributed by atoms with E-state index in [-0.39, 0.29) is 30.1 Å². The van der Waals surface area contributed by atoms with E-state index in [9.17, 15) is 13.2 Å². The first-order valence-corrected chi connectivity index (χ1v) is 5.95. The van der Waals surface area contributed by atoms with Crippen LogP contribution in [-0.4, -0.2) is 34.5 Å². The Morgan fingerprint density at radius 3 is 2.58 bits per heavy atom. The number of hydrogen-bond acceptors (Lipinski definition) is 4. The molecule has 0 aliphatic rings. The van der Waals surface area contributed by atoms with Gasteiger partial charge >= 0.3 is 6.18 Å². The third-order valence-corrected chi connectivity index (χ3v) is 2.36. The van der Waals surface area contributed by atoms with Crippen LogP contribution in [0.25, 0.3) is 0 Å². The smallest absolute Gasteiger partial charge is 0.396 e. The van der Waals surface area contributed by atoms with Crippen molar-refractivity contribution in [2.45, 2.75) is 26.1 Å². The molecule has 0 fully saturated rings. The lowest BCUT2D eigenvalue weighted by molar-refractivity contribution is -0.176. The molecule has 8 heteroatoms. The summed E-state index contributed by atoms with van der Waals surface area (Å²) in [4.78, 5) is 7.73. The van der Waals surface area contributed by atoms with E-state index >= 15 is 0 Å². The summed E-state index contributed by atoms with van der Waals surface area (Å²) in [5, 5.41) is 8.89. The van der Waals surface area contributed by atoms with E-state index in [1.165, 1.54) is 6.07 Å². The van der Waals surface area contributed by atoms with Gasteiger partial charge in [0, 0.05) is 12.3 Å². The maximum absolute atomic E-state index is 11.9. The topological polar surface area (TPSA) is 55.2 Å². The second-order valence-corrected chi connectivity index (χ2v) is 4.56. The Labute approximate surface area is 113 Å². The lowest BCUT2D eigenvalue weighted by Crippen LogP contribution is -2.17. The van der Waals surface area contributed by atoms with Gasteiger partial charge in [-0.2, -0.15) is 13.2 Å². The Kier molecular flexibility index (Phi) is 5.96. The minimum absolute atomic E-state index is 0.0124. The third-order valence-electron chi connectivity index (χ3n) is 2.19. The lowest BCUT2D eigenvalue weighted by Gasteiger charge is -2.10. The van der Waals surface area contributed by atoms with Crippen LogP contribution in [0.1, 0.15) is 18.3 Å². The normalized spacial score (nSPS) is 13.6. The highest BCUT2D eigenvalue weighted by Gasteiger charge is 2.27. The molecule has 0 bridgehead atoms. The molecule has 1 atom stereocenters. The standard InChI is InChI=1S/C11H14ClF3N2O2/c1-7(4-18)2-8-3-9(17-10(12)16-8)5-19-6-11(13,14)15/h3,7,18H,2,4-6H2,1H3. The first-order valence-electron chi connectivity index (χ1n) is 5.58. The van der Waals surface area contributed by atoms with Crippen LogP contribution in [0.5, 0.6) is 0 Å². The number of hydrogen-bond donors (Lipinski definition) is 1. The molecule has 0 aliphatic heterocycles. The van der Waals surface area contributed by atoms with Crippen molar-refractivity contribution in [1.29, 1.82) is 0 Å². The van der Waals surface area contributed by atoms with Crippen molar-refractivity contribution in [3.8, 4) is 0 Å². The van der Waals surface area contributed by atoms with E-state index in [2.05, 4.69) is 14.7 Å². The predicted molar refractivity (Wildman–Crippen MR) is 62.7 cm³/mol. The average Bonchev–Trinajstić information content (AvgIpc) is 2.26. The molecule has 1 N–H and O–H groups in total. The van der Waals surface area contributed by atoms with E-state index in [0.29, 0.717) is 12.1 Å². The Hall–Kier alpha value is -0.920. The molecule has 1 heterocycles. The molecule has 1 aromatic heterocycles. The Morgan fingerprint density at radius 1 is 1.37 bits per heavy atom. The molecule has 0 aromatic carbocycles. The predicted octanol–water partition coefficient (Wildman–Crippen LogP) is 2.38. The summed E-state index contributed by atoms with van der Waals surface area (Å²) in [6.07, 6.45) is -3.91. The quantitative estimate of drug-likeness (QED) is 0.819. The van der Waals surface area contributed by atoms with Gasteiger partial charge in [0.05, 0.1) is 12.3 Å². The van der Waals surface area contributed by atoms with Crippen molar-refractivity contribution in [2.75, 3.05) is 13.2 Å². The van der Waals surface area contributed by atoms with Crippen molar-refractivity contribution >= 4 is 11.6 Å². The summed E-state index contributed by atoms with van der Waals surface area (Å²) in [6, 6.07) is 1.52. The molecule has 0 spiro atoms. The van der Waals surface area contributed by atoms with Crippen LogP contribution < -0.4 is 0 Å². The van der Waals surface area contributed by atoms with Crippen LogP contribution >= 0.6 is 11.6 Å². The minimum Gasteiger partial charge on any atom is -0.396 e. The Balaban J connectivity index is 2.63. The highest BCUT2D eigenvalue weighted by Crippen LogP contribution is 2.16. The number of halogens is 4. The van der Waals surface area contributed by atoms with Crippen molar-refractivity contribution in [3.05, 3.63) is 22.7 Å². The molecule has 1 aromatic rings. The summed E-state index contributed by atoms with van der Waals surface area (Å²) in [7, 11) is 0. The lowest BCUT2D eigenvalue weighted by atomic mass is 10.1. The van der Waals surface area contributed by atoms with Crippen molar-refractivity contribution in [3.63, 3.8) is 0 Å². The second-order valence-electron chi connectivity index (χ2n) is 4.22. The van der Waals surface area contributed by atoms with Crippen LogP contribution in [0.15, 0.2) is 6.07 Å². The highest BCUT2D eigenvalue weighted by atomic mass is 35.5. The number of alkyl halides is 3. The highest BCUT2D eigenvalue weighted by molar-refractivity contribution is 6.28. The number of aromatic nitrogens is 2. The number of ether oxygens (including phenoxy) is 1. The van der Waals surface area contributed by atoms with E-state index < -0.39 is 12.8 Å². The SMILES string of the molecule is CC(CO)Cc1cc(COCC(F)(F)F)nc(Cl)n1. The summed E-state index contributed by atoms with van der Waals surface area (Å²) in [5.41, 5.74) is 0.844. The first kappa shape index (κ1) is 16.1. The fourth-order valence-corrected chi connectivity index (χ4v) is 1.61. The molecule has 19 heavy (non-hydrogen) atoms. The van der Waals surface area contributed by atoms with Crippen LogP contribution in [0.2, 0.25) is 5.28 Å². The number of aliphatic hydroxyl groups excluding tert-OH is 1. The fourth-order valence-electron chi connectivity index (χ4n) is 1.39. The fraction of sp³-hybridized carbons (Fsp3) is 0.636. The van der Waals surface area contributed by atoms with Crippen LogP contribution in [-0.2, 0) is 17.8 Å². The summed E-state index contributed by atoms with van der Waals surface area (Å²) >= 11 is 5.68. The zero-order chi connectivity index (χ0) is 14.5. The van der Waals surface area contributed by atoms with Gasteiger partial charge < -0.3 is 9.84 Å². The molecule has 1 rings (SSSR count). The monoisotopic (exact) mass is 298 g/mol. The van der Waals surface area contributed by atoms with Gasteiger partial charge in [0.2, 0.25) is 5.28 Å². The van der Waals surface area contributed by atoms with E-state index in [0.717, 1.165) is 0 Å². The Bertz CT molecular complexity index is 415. The number of aliphatic hydroxyl groups is 1. The average molecular weight is 299 g/mol. The van der Waals surface area contributed by atoms with E-state index in [1.807, 2.05) is 6.92 Å². The molecule has 0 radical (unpaired) electrons. The van der Waals surface area contributed by atoms with Crippen LogP contribution in [0.3, 0.4) is 0 Å². The zero-order valence-corrected chi connectivity index (χ0v) is 11.0. The van der Waals surface area contributed by atoms with E-state index in [4.69, 9.17) is 16.7 Å². The summed E-state index contributed by atoms with van der Waals surface area (Å²) in [5.74, 6) is -0.0186. The van der Waals surface area contributed by atoms with Crippen molar-refractivity contribution < 1.29 is 23.0 Å². The molecule has 0 saturated carbocycles. The van der Waals surface area contributed by atoms with Crippen LogP contribution in [0, 0.1) is 5.92 Å². The maximum Gasteiger partial charge on any atom is 0.411 e. The summed E-state index contributed by atoms with van der Waals surface area (Å²) < 4.78 is 40.3. The van der Waals surface area contributed by atoms with Gasteiger partial charge in [0.1, 0.15) is 6.61 Å². The van der Waals surface area contributed by atoms with Crippen LogP contribution in [0.4, 0.5) is 13.2 Å². The third kappa shape index (κ3) is 6.70. The first-order chi connectivity index (χ1) is 8.80. The summed E-state index contributed by atoms with van der Waals surface area (Å²) in [6.45, 7) is 0.177. The van der Waals surface area contributed by atoms with Gasteiger partial charge in [-0.1, -0.05) is 6.92 Å². The van der Waals surface area contributed by atoms with Gasteiger partial charge in [0.25, 0.3) is 0 Å². The van der Waals surface area contributed by atoms with Crippen molar-refractivity contribution in [1.82, 2.24) is 9.97 Å². The largest absolute Gasteiger partial charge is 0.411 e. The van der Waals surface area contributed by atoms with Gasteiger partial charge in [0.15, 0.2) is 0 Å². The molecule has 0 aliphatic carbocycles. The molecular formula is C11H14ClF3N2O2. The maximum atomic E-state index is 11.9. The van der Waals surface area contributed by atoms with Gasteiger partial charge in [-0.3, -0.25) is 0 Å².